The number of carbonyl (C=O) groups excluding carboxylic acids is 1. The summed E-state index contributed by atoms with van der Waals surface area (Å²) in [5.74, 6) is -0.0795. The predicted octanol–water partition coefficient (Wildman–Crippen LogP) is 1.89. The molecule has 1 aromatic carbocycles. The van der Waals surface area contributed by atoms with E-state index in [0.29, 0.717) is 5.56 Å². The van der Waals surface area contributed by atoms with Gasteiger partial charge in [-0.1, -0.05) is 0 Å². The fourth-order valence-electron chi connectivity index (χ4n) is 2.39. The molecule has 1 aliphatic rings. The number of hydrogen-bond acceptors (Lipinski definition) is 5. The van der Waals surface area contributed by atoms with Crippen molar-refractivity contribution < 1.29 is 9.72 Å². The summed E-state index contributed by atoms with van der Waals surface area (Å²) in [5.41, 5.74) is 0.359. The third kappa shape index (κ3) is 3.28. The molecule has 110 valence electrons. The van der Waals surface area contributed by atoms with Crippen LogP contribution < -0.4 is 5.32 Å². The Morgan fingerprint density at radius 3 is 2.71 bits per heavy atom. The van der Waals surface area contributed by atoms with Crippen molar-refractivity contribution in [1.29, 1.82) is 5.26 Å². The van der Waals surface area contributed by atoms with E-state index < -0.39 is 11.0 Å². The average molecular weight is 288 g/mol. The fourth-order valence-corrected chi connectivity index (χ4v) is 2.39. The lowest BCUT2D eigenvalue weighted by Crippen LogP contribution is -2.39. The lowest BCUT2D eigenvalue weighted by molar-refractivity contribution is -0.384. The highest BCUT2D eigenvalue weighted by Crippen LogP contribution is 2.26. The number of amides is 1. The first-order valence-corrected chi connectivity index (χ1v) is 6.77. The Balaban J connectivity index is 2.19. The number of nitro benzene ring substituents is 1. The third-order valence-electron chi connectivity index (χ3n) is 3.48. The normalized spacial score (nSPS) is 15.3. The minimum Gasteiger partial charge on any atom is -0.368 e. The summed E-state index contributed by atoms with van der Waals surface area (Å²) in [6.45, 7) is 3.12. The Labute approximate surface area is 122 Å². The molecule has 1 aromatic rings. The van der Waals surface area contributed by atoms with Gasteiger partial charge in [0.05, 0.1) is 16.6 Å². The number of carbonyl (C=O) groups is 1. The first-order valence-electron chi connectivity index (χ1n) is 6.77. The molecule has 1 saturated heterocycles. The van der Waals surface area contributed by atoms with Crippen molar-refractivity contribution in [2.24, 2.45) is 0 Å². The predicted molar refractivity (Wildman–Crippen MR) is 76.7 cm³/mol. The molecule has 0 radical (unpaired) electrons. The average Bonchev–Trinajstić information content (AvgIpc) is 3.00. The van der Waals surface area contributed by atoms with Crippen molar-refractivity contribution in [3.63, 3.8) is 0 Å². The van der Waals surface area contributed by atoms with E-state index in [-0.39, 0.29) is 17.3 Å². The van der Waals surface area contributed by atoms with E-state index in [4.69, 9.17) is 5.26 Å². The number of nitrogens with zero attached hydrogens (tertiary/aromatic N) is 3. The third-order valence-corrected chi connectivity index (χ3v) is 3.48. The van der Waals surface area contributed by atoms with Crippen LogP contribution in [0.1, 0.15) is 25.3 Å². The van der Waals surface area contributed by atoms with Gasteiger partial charge in [0.2, 0.25) is 5.91 Å². The van der Waals surface area contributed by atoms with Crippen LogP contribution in [0.3, 0.4) is 0 Å². The summed E-state index contributed by atoms with van der Waals surface area (Å²) >= 11 is 0. The number of nitrogens with one attached hydrogen (secondary N) is 1. The fraction of sp³-hybridized carbons (Fsp3) is 0.429. The number of likely N-dealkylation sites (tertiary alicyclic amines) is 1. The Morgan fingerprint density at radius 1 is 1.48 bits per heavy atom. The maximum absolute atomic E-state index is 12.2. The van der Waals surface area contributed by atoms with E-state index in [9.17, 15) is 14.9 Å². The molecule has 1 aliphatic heterocycles. The molecule has 0 saturated carbocycles. The molecule has 0 bridgehead atoms. The molecule has 1 heterocycles. The summed E-state index contributed by atoms with van der Waals surface area (Å²) in [7, 11) is 0. The van der Waals surface area contributed by atoms with Crippen molar-refractivity contribution in [3.05, 3.63) is 33.9 Å². The SMILES string of the molecule is CC(Nc1cc(C#N)ccc1[N+](=O)[O-])C(=O)N1CCCC1. The van der Waals surface area contributed by atoms with Crippen LogP contribution in [0.15, 0.2) is 18.2 Å². The topological polar surface area (TPSA) is 99.3 Å². The largest absolute Gasteiger partial charge is 0.368 e. The van der Waals surface area contributed by atoms with Gasteiger partial charge in [-0.3, -0.25) is 14.9 Å². The number of rotatable bonds is 4. The highest BCUT2D eigenvalue weighted by atomic mass is 16.6. The first kappa shape index (κ1) is 14.8. The van der Waals surface area contributed by atoms with Gasteiger partial charge in [0.25, 0.3) is 5.69 Å². The van der Waals surface area contributed by atoms with Crippen LogP contribution in [0.2, 0.25) is 0 Å². The zero-order chi connectivity index (χ0) is 15.4. The number of nitriles is 1. The summed E-state index contributed by atoms with van der Waals surface area (Å²) in [6, 6.07) is 5.41. The molecule has 1 N–H and O–H groups in total. The monoisotopic (exact) mass is 288 g/mol. The van der Waals surface area contributed by atoms with Gasteiger partial charge in [-0.25, -0.2) is 0 Å². The zero-order valence-electron chi connectivity index (χ0n) is 11.7. The Morgan fingerprint density at radius 2 is 2.14 bits per heavy atom. The number of anilines is 1. The number of hydrogen-bond donors (Lipinski definition) is 1. The second-order valence-electron chi connectivity index (χ2n) is 5.00. The maximum atomic E-state index is 12.2. The molecule has 2 rings (SSSR count). The molecular formula is C14H16N4O3. The summed E-state index contributed by atoms with van der Waals surface area (Å²) in [4.78, 5) is 24.4. The van der Waals surface area contributed by atoms with Gasteiger partial charge in [0.15, 0.2) is 0 Å². The molecule has 21 heavy (non-hydrogen) atoms. The molecule has 0 aromatic heterocycles. The van der Waals surface area contributed by atoms with E-state index in [1.807, 2.05) is 6.07 Å². The lowest BCUT2D eigenvalue weighted by atomic mass is 10.1. The van der Waals surface area contributed by atoms with Crippen molar-refractivity contribution in [2.75, 3.05) is 18.4 Å². The standard InChI is InChI=1S/C14H16N4O3/c1-10(14(19)17-6-2-3-7-17)16-12-8-11(9-15)4-5-13(12)18(20)21/h4-5,8,10,16H,2-3,6-7H2,1H3. The van der Waals surface area contributed by atoms with E-state index >= 15 is 0 Å². The molecule has 7 nitrogen and oxygen atoms in total. The number of benzene rings is 1. The van der Waals surface area contributed by atoms with Crippen LogP contribution in [0.25, 0.3) is 0 Å². The van der Waals surface area contributed by atoms with Gasteiger partial charge < -0.3 is 10.2 Å². The van der Waals surface area contributed by atoms with Crippen molar-refractivity contribution in [2.45, 2.75) is 25.8 Å². The first-order chi connectivity index (χ1) is 10.0. The molecule has 0 aliphatic carbocycles. The van der Waals surface area contributed by atoms with Crippen molar-refractivity contribution in [3.8, 4) is 6.07 Å². The van der Waals surface area contributed by atoms with E-state index in [1.165, 1.54) is 18.2 Å². The highest BCUT2D eigenvalue weighted by molar-refractivity contribution is 5.85. The molecule has 1 atom stereocenters. The van der Waals surface area contributed by atoms with Gasteiger partial charge >= 0.3 is 0 Å². The van der Waals surface area contributed by atoms with Crippen LogP contribution in [-0.4, -0.2) is 34.9 Å². The van der Waals surface area contributed by atoms with E-state index in [1.54, 1.807) is 11.8 Å². The van der Waals surface area contributed by atoms with Crippen LogP contribution in [0.4, 0.5) is 11.4 Å². The van der Waals surface area contributed by atoms with Gasteiger partial charge in [-0.2, -0.15) is 5.26 Å². The smallest absolute Gasteiger partial charge is 0.292 e. The summed E-state index contributed by atoms with van der Waals surface area (Å²) in [6.07, 6.45) is 1.98. The lowest BCUT2D eigenvalue weighted by Gasteiger charge is -2.21. The zero-order valence-corrected chi connectivity index (χ0v) is 11.7. The summed E-state index contributed by atoms with van der Waals surface area (Å²) in [5, 5.41) is 22.8. The molecule has 7 heteroatoms. The molecular weight excluding hydrogens is 272 g/mol. The second kappa shape index (κ2) is 6.22. The van der Waals surface area contributed by atoms with Crippen LogP contribution in [0.5, 0.6) is 0 Å². The minimum absolute atomic E-state index is 0.0795. The quantitative estimate of drug-likeness (QED) is 0.673. The minimum atomic E-state index is -0.573. The summed E-state index contributed by atoms with van der Waals surface area (Å²) < 4.78 is 0. The van der Waals surface area contributed by atoms with Gasteiger partial charge in [-0.05, 0) is 31.9 Å². The van der Waals surface area contributed by atoms with E-state index in [0.717, 1.165) is 25.9 Å². The highest BCUT2D eigenvalue weighted by Gasteiger charge is 2.25. The Hall–Kier alpha value is -2.62. The van der Waals surface area contributed by atoms with Crippen LogP contribution in [-0.2, 0) is 4.79 Å². The second-order valence-corrected chi connectivity index (χ2v) is 5.00. The Kier molecular flexibility index (Phi) is 4.38. The van der Waals surface area contributed by atoms with Crippen molar-refractivity contribution >= 4 is 17.3 Å². The van der Waals surface area contributed by atoms with Crippen LogP contribution >= 0.6 is 0 Å². The van der Waals surface area contributed by atoms with Gasteiger partial charge in [0, 0.05) is 19.2 Å². The molecule has 1 fully saturated rings. The van der Waals surface area contributed by atoms with Gasteiger partial charge in [0.1, 0.15) is 11.7 Å². The van der Waals surface area contributed by atoms with Crippen LogP contribution in [0, 0.1) is 21.4 Å². The Bertz CT molecular complexity index is 603. The molecule has 0 spiro atoms. The number of nitro groups is 1. The van der Waals surface area contributed by atoms with Gasteiger partial charge in [-0.15, -0.1) is 0 Å². The van der Waals surface area contributed by atoms with E-state index in [2.05, 4.69) is 5.32 Å². The molecule has 1 amide bonds. The van der Waals surface area contributed by atoms with Crippen molar-refractivity contribution in [1.82, 2.24) is 4.90 Å². The molecule has 1 unspecified atom stereocenters. The maximum Gasteiger partial charge on any atom is 0.292 e.